The topological polar surface area (TPSA) is 70.7 Å². The van der Waals surface area contributed by atoms with Crippen LogP contribution in [0.3, 0.4) is 0 Å². The predicted molar refractivity (Wildman–Crippen MR) is 69.2 cm³/mol. The molecule has 0 spiro atoms. The number of nitrogens with zero attached hydrogens (tertiary/aromatic N) is 2. The molecule has 2 rings (SSSR count). The zero-order chi connectivity index (χ0) is 13.1. The molecule has 2 aromatic rings. The van der Waals surface area contributed by atoms with E-state index in [0.717, 1.165) is 11.4 Å². The molecule has 2 heterocycles. The molecule has 0 saturated carbocycles. The lowest BCUT2D eigenvalue weighted by Gasteiger charge is -2.08. The van der Waals surface area contributed by atoms with E-state index >= 15 is 0 Å². The summed E-state index contributed by atoms with van der Waals surface area (Å²) in [6.45, 7) is 5.78. The number of H-pyrrole nitrogens is 1. The molecule has 0 aliphatic carbocycles. The van der Waals surface area contributed by atoms with Gasteiger partial charge in [0.1, 0.15) is 5.69 Å². The molecule has 5 nitrogen and oxygen atoms in total. The monoisotopic (exact) mass is 244 g/mol. The third-order valence-electron chi connectivity index (χ3n) is 2.41. The van der Waals surface area contributed by atoms with Crippen molar-refractivity contribution in [2.75, 3.05) is 0 Å². The van der Waals surface area contributed by atoms with E-state index < -0.39 is 0 Å². The van der Waals surface area contributed by atoms with Crippen molar-refractivity contribution in [3.05, 3.63) is 35.7 Å². The molecule has 0 atom stereocenters. The first-order chi connectivity index (χ1) is 8.56. The Morgan fingerprint density at radius 1 is 1.33 bits per heavy atom. The van der Waals surface area contributed by atoms with E-state index in [-0.39, 0.29) is 11.9 Å². The van der Waals surface area contributed by atoms with Gasteiger partial charge in [-0.3, -0.25) is 14.9 Å². The molecule has 0 bridgehead atoms. The van der Waals surface area contributed by atoms with Gasteiger partial charge in [0.15, 0.2) is 0 Å². The zero-order valence-corrected chi connectivity index (χ0v) is 10.7. The van der Waals surface area contributed by atoms with Gasteiger partial charge in [0.25, 0.3) is 5.91 Å². The van der Waals surface area contributed by atoms with Crippen molar-refractivity contribution in [2.45, 2.75) is 26.8 Å². The average molecular weight is 244 g/mol. The summed E-state index contributed by atoms with van der Waals surface area (Å²) in [5, 5.41) is 9.83. The van der Waals surface area contributed by atoms with Gasteiger partial charge in [-0.2, -0.15) is 5.10 Å². The molecule has 0 saturated heterocycles. The molecule has 1 amide bonds. The molecule has 94 valence electrons. The van der Waals surface area contributed by atoms with Crippen molar-refractivity contribution in [1.82, 2.24) is 20.5 Å². The first-order valence-electron chi connectivity index (χ1n) is 5.85. The van der Waals surface area contributed by atoms with Crippen molar-refractivity contribution in [3.8, 4) is 11.4 Å². The number of aromatic amines is 1. The number of aryl methyl sites for hydroxylation is 1. The van der Waals surface area contributed by atoms with Crippen molar-refractivity contribution < 1.29 is 4.79 Å². The second-order valence-corrected chi connectivity index (χ2v) is 4.49. The second kappa shape index (κ2) is 5.00. The van der Waals surface area contributed by atoms with Gasteiger partial charge >= 0.3 is 0 Å². The van der Waals surface area contributed by atoms with Crippen LogP contribution in [0.4, 0.5) is 0 Å². The quantitative estimate of drug-likeness (QED) is 0.866. The maximum atomic E-state index is 11.9. The Hall–Kier alpha value is -2.17. The minimum absolute atomic E-state index is 0.0964. The third kappa shape index (κ3) is 2.74. The largest absolute Gasteiger partial charge is 0.350 e. The van der Waals surface area contributed by atoms with Gasteiger partial charge in [-0.15, -0.1) is 0 Å². The van der Waals surface area contributed by atoms with Crippen molar-refractivity contribution >= 4 is 5.91 Å². The van der Waals surface area contributed by atoms with Gasteiger partial charge in [-0.05, 0) is 39.0 Å². The molecule has 0 aliphatic heterocycles. The molecular formula is C13H16N4O. The Kier molecular flexibility index (Phi) is 3.41. The van der Waals surface area contributed by atoms with E-state index in [9.17, 15) is 4.79 Å². The fraction of sp³-hybridized carbons (Fsp3) is 0.308. The summed E-state index contributed by atoms with van der Waals surface area (Å²) in [7, 11) is 0. The van der Waals surface area contributed by atoms with E-state index in [1.807, 2.05) is 26.8 Å². The summed E-state index contributed by atoms with van der Waals surface area (Å²) in [6, 6.07) is 5.45. The summed E-state index contributed by atoms with van der Waals surface area (Å²) in [6.07, 6.45) is 1.62. The molecular weight excluding hydrogens is 228 g/mol. The molecule has 2 aromatic heterocycles. The van der Waals surface area contributed by atoms with E-state index in [1.165, 1.54) is 0 Å². The highest BCUT2D eigenvalue weighted by Crippen LogP contribution is 2.16. The van der Waals surface area contributed by atoms with Crippen LogP contribution in [0.5, 0.6) is 0 Å². The summed E-state index contributed by atoms with van der Waals surface area (Å²) < 4.78 is 0. The lowest BCUT2D eigenvalue weighted by atomic mass is 10.1. The van der Waals surface area contributed by atoms with Crippen LogP contribution in [0, 0.1) is 6.92 Å². The Balaban J connectivity index is 2.28. The average Bonchev–Trinajstić information content (AvgIpc) is 2.75. The highest BCUT2D eigenvalue weighted by atomic mass is 16.1. The third-order valence-corrected chi connectivity index (χ3v) is 2.41. The van der Waals surface area contributed by atoms with Crippen molar-refractivity contribution in [3.63, 3.8) is 0 Å². The Morgan fingerprint density at radius 3 is 2.72 bits per heavy atom. The van der Waals surface area contributed by atoms with Crippen LogP contribution in [0.25, 0.3) is 11.4 Å². The van der Waals surface area contributed by atoms with Crippen molar-refractivity contribution in [2.24, 2.45) is 0 Å². The predicted octanol–water partition coefficient (Wildman–Crippen LogP) is 1.92. The second-order valence-electron chi connectivity index (χ2n) is 4.49. The number of nitrogens with one attached hydrogen (secondary N) is 2. The Bertz CT molecular complexity index is 560. The lowest BCUT2D eigenvalue weighted by molar-refractivity contribution is 0.0943. The van der Waals surface area contributed by atoms with Gasteiger partial charge in [0.2, 0.25) is 0 Å². The Labute approximate surface area is 106 Å². The zero-order valence-electron chi connectivity index (χ0n) is 10.7. The van der Waals surface area contributed by atoms with E-state index in [1.54, 1.807) is 18.3 Å². The number of carbonyl (C=O) groups excluding carboxylic acids is 1. The molecule has 0 fully saturated rings. The van der Waals surface area contributed by atoms with Gasteiger partial charge in [-0.1, -0.05) is 0 Å². The van der Waals surface area contributed by atoms with Crippen LogP contribution >= 0.6 is 0 Å². The van der Waals surface area contributed by atoms with Crippen LogP contribution in [0.2, 0.25) is 0 Å². The molecule has 0 aliphatic rings. The molecule has 5 heteroatoms. The number of carbonyl (C=O) groups is 1. The Morgan fingerprint density at radius 2 is 2.11 bits per heavy atom. The van der Waals surface area contributed by atoms with Crippen LogP contribution in [0.15, 0.2) is 24.4 Å². The number of pyridine rings is 1. The first-order valence-corrected chi connectivity index (χ1v) is 5.85. The molecule has 18 heavy (non-hydrogen) atoms. The first kappa shape index (κ1) is 12.3. The van der Waals surface area contributed by atoms with E-state index in [0.29, 0.717) is 11.3 Å². The number of aromatic nitrogens is 3. The van der Waals surface area contributed by atoms with Gasteiger partial charge in [0.05, 0.1) is 5.69 Å². The summed E-state index contributed by atoms with van der Waals surface area (Å²) in [5.41, 5.74) is 2.99. The van der Waals surface area contributed by atoms with Gasteiger partial charge in [-0.25, -0.2) is 0 Å². The summed E-state index contributed by atoms with van der Waals surface area (Å²) in [5.74, 6) is -0.0964. The van der Waals surface area contributed by atoms with E-state index in [2.05, 4.69) is 20.5 Å². The highest BCUT2D eigenvalue weighted by molar-refractivity contribution is 5.95. The van der Waals surface area contributed by atoms with Gasteiger partial charge < -0.3 is 5.32 Å². The van der Waals surface area contributed by atoms with Crippen LogP contribution in [-0.4, -0.2) is 27.1 Å². The van der Waals surface area contributed by atoms with Crippen LogP contribution in [-0.2, 0) is 0 Å². The summed E-state index contributed by atoms with van der Waals surface area (Å²) in [4.78, 5) is 16.1. The number of rotatable bonds is 3. The number of amides is 1. The normalized spacial score (nSPS) is 10.7. The minimum atomic E-state index is -0.0964. The smallest absolute Gasteiger partial charge is 0.251 e. The number of hydrogen-bond acceptors (Lipinski definition) is 3. The fourth-order valence-corrected chi connectivity index (χ4v) is 1.61. The van der Waals surface area contributed by atoms with E-state index in [4.69, 9.17) is 0 Å². The lowest BCUT2D eigenvalue weighted by Crippen LogP contribution is -2.30. The molecule has 2 N–H and O–H groups in total. The molecule has 0 aromatic carbocycles. The SMILES string of the molecule is Cc1cc(-c2cc(C(=O)NC(C)C)ccn2)n[nH]1. The maximum Gasteiger partial charge on any atom is 0.251 e. The molecule has 0 radical (unpaired) electrons. The van der Waals surface area contributed by atoms with Crippen molar-refractivity contribution in [1.29, 1.82) is 0 Å². The van der Waals surface area contributed by atoms with Crippen LogP contribution < -0.4 is 5.32 Å². The summed E-state index contributed by atoms with van der Waals surface area (Å²) >= 11 is 0. The fourth-order valence-electron chi connectivity index (χ4n) is 1.61. The van der Waals surface area contributed by atoms with Crippen LogP contribution in [0.1, 0.15) is 29.9 Å². The maximum absolute atomic E-state index is 11.9. The standard InChI is InChI=1S/C13H16N4O/c1-8(2)15-13(18)10-4-5-14-11(7-10)12-6-9(3)16-17-12/h4-8H,1-3H3,(H,15,18)(H,16,17). The highest BCUT2D eigenvalue weighted by Gasteiger charge is 2.10. The number of hydrogen-bond donors (Lipinski definition) is 2. The van der Waals surface area contributed by atoms with Gasteiger partial charge in [0, 0.05) is 23.5 Å². The molecule has 0 unspecified atom stereocenters. The minimum Gasteiger partial charge on any atom is -0.350 e.